The van der Waals surface area contributed by atoms with Crippen LogP contribution in [0.25, 0.3) is 0 Å². The van der Waals surface area contributed by atoms with E-state index in [4.69, 9.17) is 0 Å². The fourth-order valence-corrected chi connectivity index (χ4v) is 2.36. The first kappa shape index (κ1) is 14.0. The minimum atomic E-state index is 0.856. The fraction of sp³-hybridized carbons (Fsp3) is 1.00. The third-order valence-corrected chi connectivity index (χ3v) is 3.67. The largest absolute Gasteiger partial charge is 0.0651 e. The molecule has 0 amide bonds. The SMILES string of the molecule is CCC(CC)CC(C)C(C)CC(C)C. The van der Waals surface area contributed by atoms with Gasteiger partial charge in [-0.05, 0) is 36.5 Å². The highest BCUT2D eigenvalue weighted by Crippen LogP contribution is 2.27. The summed E-state index contributed by atoms with van der Waals surface area (Å²) in [6.07, 6.45) is 5.53. The molecule has 2 atom stereocenters. The van der Waals surface area contributed by atoms with E-state index in [0.29, 0.717) is 0 Å². The Balaban J connectivity index is 3.86. The number of hydrogen-bond donors (Lipinski definition) is 0. The summed E-state index contributed by atoms with van der Waals surface area (Å²) < 4.78 is 0. The van der Waals surface area contributed by atoms with Crippen LogP contribution >= 0.6 is 0 Å². The van der Waals surface area contributed by atoms with Crippen molar-refractivity contribution in [1.82, 2.24) is 0 Å². The van der Waals surface area contributed by atoms with Gasteiger partial charge in [-0.2, -0.15) is 0 Å². The zero-order valence-corrected chi connectivity index (χ0v) is 11.1. The van der Waals surface area contributed by atoms with E-state index < -0.39 is 0 Å². The molecule has 0 aliphatic carbocycles. The van der Waals surface area contributed by atoms with Crippen LogP contribution in [0.15, 0.2) is 0 Å². The molecule has 0 bridgehead atoms. The van der Waals surface area contributed by atoms with Crippen molar-refractivity contribution >= 4 is 0 Å². The Labute approximate surface area is 91.5 Å². The average molecular weight is 198 g/mol. The lowest BCUT2D eigenvalue weighted by atomic mass is 9.81. The molecule has 0 aromatic carbocycles. The average Bonchev–Trinajstić information content (AvgIpc) is 2.12. The lowest BCUT2D eigenvalue weighted by molar-refractivity contribution is 0.261. The summed E-state index contributed by atoms with van der Waals surface area (Å²) in [6.45, 7) is 14.2. The topological polar surface area (TPSA) is 0 Å². The first-order chi connectivity index (χ1) is 6.51. The lowest BCUT2D eigenvalue weighted by Gasteiger charge is -2.25. The molecule has 0 nitrogen and oxygen atoms in total. The Kier molecular flexibility index (Phi) is 7.31. The molecular weight excluding hydrogens is 168 g/mol. The van der Waals surface area contributed by atoms with Crippen LogP contribution in [0.2, 0.25) is 0 Å². The molecule has 0 fully saturated rings. The molecule has 14 heavy (non-hydrogen) atoms. The maximum absolute atomic E-state index is 2.44. The van der Waals surface area contributed by atoms with Crippen LogP contribution in [0.5, 0.6) is 0 Å². The molecular formula is C14H30. The minimum absolute atomic E-state index is 0.856. The van der Waals surface area contributed by atoms with Gasteiger partial charge in [0.25, 0.3) is 0 Å². The van der Waals surface area contributed by atoms with Gasteiger partial charge >= 0.3 is 0 Å². The van der Waals surface area contributed by atoms with Gasteiger partial charge in [0, 0.05) is 0 Å². The molecule has 0 radical (unpaired) electrons. The van der Waals surface area contributed by atoms with E-state index >= 15 is 0 Å². The lowest BCUT2D eigenvalue weighted by Crippen LogP contribution is -2.14. The Morgan fingerprint density at radius 1 is 0.714 bits per heavy atom. The smallest absolute Gasteiger partial charge is 0.0414 e. The molecule has 0 spiro atoms. The van der Waals surface area contributed by atoms with E-state index in [-0.39, 0.29) is 0 Å². The second-order valence-corrected chi connectivity index (χ2v) is 5.50. The maximum Gasteiger partial charge on any atom is -0.0414 e. The van der Waals surface area contributed by atoms with Gasteiger partial charge in [0.05, 0.1) is 0 Å². The third kappa shape index (κ3) is 5.67. The second-order valence-electron chi connectivity index (χ2n) is 5.50. The van der Waals surface area contributed by atoms with E-state index in [9.17, 15) is 0 Å². The molecule has 0 saturated carbocycles. The summed E-state index contributed by atoms with van der Waals surface area (Å²) in [5.41, 5.74) is 0. The standard InChI is InChI=1S/C14H30/c1-7-14(8-2)10-13(6)12(5)9-11(3)4/h11-14H,7-10H2,1-6H3. The summed E-state index contributed by atoms with van der Waals surface area (Å²) >= 11 is 0. The third-order valence-electron chi connectivity index (χ3n) is 3.67. The highest BCUT2D eigenvalue weighted by atomic mass is 14.2. The van der Waals surface area contributed by atoms with Gasteiger partial charge in [-0.25, -0.2) is 0 Å². The quantitative estimate of drug-likeness (QED) is 0.532. The van der Waals surface area contributed by atoms with Crippen molar-refractivity contribution in [2.24, 2.45) is 23.7 Å². The van der Waals surface area contributed by atoms with Crippen LogP contribution in [0.3, 0.4) is 0 Å². The van der Waals surface area contributed by atoms with Gasteiger partial charge in [0.2, 0.25) is 0 Å². The van der Waals surface area contributed by atoms with Gasteiger partial charge in [-0.3, -0.25) is 0 Å². The molecule has 0 aliphatic heterocycles. The number of hydrogen-bond acceptors (Lipinski definition) is 0. The van der Waals surface area contributed by atoms with Gasteiger partial charge in [0.1, 0.15) is 0 Å². The summed E-state index contributed by atoms with van der Waals surface area (Å²) in [4.78, 5) is 0. The zero-order valence-electron chi connectivity index (χ0n) is 11.1. The van der Waals surface area contributed by atoms with Crippen LogP contribution in [0, 0.1) is 23.7 Å². The Morgan fingerprint density at radius 2 is 1.14 bits per heavy atom. The highest BCUT2D eigenvalue weighted by molar-refractivity contribution is 4.67. The van der Waals surface area contributed by atoms with Crippen molar-refractivity contribution in [3.63, 3.8) is 0 Å². The maximum atomic E-state index is 2.44. The van der Waals surface area contributed by atoms with E-state index in [2.05, 4.69) is 41.5 Å². The first-order valence-corrected chi connectivity index (χ1v) is 6.51. The van der Waals surface area contributed by atoms with Crippen LogP contribution < -0.4 is 0 Å². The molecule has 0 heteroatoms. The van der Waals surface area contributed by atoms with Crippen LogP contribution in [0.1, 0.15) is 67.2 Å². The predicted octanol–water partition coefficient (Wildman–Crippen LogP) is 5.13. The van der Waals surface area contributed by atoms with Gasteiger partial charge in [0.15, 0.2) is 0 Å². The molecule has 2 unspecified atom stereocenters. The zero-order chi connectivity index (χ0) is 11.1. The van der Waals surface area contributed by atoms with Crippen molar-refractivity contribution in [1.29, 1.82) is 0 Å². The van der Waals surface area contributed by atoms with Crippen molar-refractivity contribution < 1.29 is 0 Å². The summed E-state index contributed by atoms with van der Waals surface area (Å²) in [6, 6.07) is 0. The fourth-order valence-electron chi connectivity index (χ4n) is 2.36. The number of rotatable bonds is 7. The van der Waals surface area contributed by atoms with Gasteiger partial charge in [-0.15, -0.1) is 0 Å². The Hall–Kier alpha value is 0. The molecule has 86 valence electrons. The van der Waals surface area contributed by atoms with E-state index in [1.165, 1.54) is 25.7 Å². The van der Waals surface area contributed by atoms with Gasteiger partial charge in [-0.1, -0.05) is 54.4 Å². The van der Waals surface area contributed by atoms with Gasteiger partial charge < -0.3 is 0 Å². The van der Waals surface area contributed by atoms with Crippen molar-refractivity contribution in [3.05, 3.63) is 0 Å². The van der Waals surface area contributed by atoms with Crippen LogP contribution in [-0.2, 0) is 0 Å². The molecule has 0 heterocycles. The predicted molar refractivity (Wildman–Crippen MR) is 66.5 cm³/mol. The summed E-state index contributed by atoms with van der Waals surface area (Å²) in [5.74, 6) is 3.62. The second kappa shape index (κ2) is 7.31. The highest BCUT2D eigenvalue weighted by Gasteiger charge is 2.16. The first-order valence-electron chi connectivity index (χ1n) is 6.51. The monoisotopic (exact) mass is 198 g/mol. The molecule has 0 rings (SSSR count). The molecule has 0 saturated heterocycles. The van der Waals surface area contributed by atoms with E-state index in [0.717, 1.165) is 23.7 Å². The van der Waals surface area contributed by atoms with E-state index in [1.807, 2.05) is 0 Å². The van der Waals surface area contributed by atoms with Crippen molar-refractivity contribution in [2.75, 3.05) is 0 Å². The summed E-state index contributed by atoms with van der Waals surface area (Å²) in [5, 5.41) is 0. The summed E-state index contributed by atoms with van der Waals surface area (Å²) in [7, 11) is 0. The van der Waals surface area contributed by atoms with Crippen molar-refractivity contribution in [3.8, 4) is 0 Å². The minimum Gasteiger partial charge on any atom is -0.0651 e. The van der Waals surface area contributed by atoms with Crippen LogP contribution in [-0.4, -0.2) is 0 Å². The van der Waals surface area contributed by atoms with E-state index in [1.54, 1.807) is 0 Å². The Bertz CT molecular complexity index is 122. The molecule has 0 N–H and O–H groups in total. The molecule has 0 aliphatic rings. The normalized spacial score (nSPS) is 16.3. The van der Waals surface area contributed by atoms with Crippen molar-refractivity contribution in [2.45, 2.75) is 67.2 Å². The van der Waals surface area contributed by atoms with Crippen LogP contribution in [0.4, 0.5) is 0 Å². The molecule has 0 aromatic heterocycles. The molecule has 0 aromatic rings. The Morgan fingerprint density at radius 3 is 1.50 bits per heavy atom.